The van der Waals surface area contributed by atoms with Gasteiger partial charge >= 0.3 is 0 Å². The van der Waals surface area contributed by atoms with E-state index in [1.165, 1.54) is 17.7 Å². The number of benzene rings is 1. The maximum atomic E-state index is 12.9. The van der Waals surface area contributed by atoms with Crippen LogP contribution in [-0.4, -0.2) is 16.1 Å². The third-order valence-electron chi connectivity index (χ3n) is 5.04. The van der Waals surface area contributed by atoms with Crippen molar-refractivity contribution >= 4 is 23.4 Å². The minimum Gasteiger partial charge on any atom is -0.487 e. The third-order valence-corrected chi connectivity index (χ3v) is 5.04. The monoisotopic (exact) mass is 427 g/mol. The molecule has 0 radical (unpaired) electrons. The molecule has 6 nitrogen and oxygen atoms in total. The van der Waals surface area contributed by atoms with Gasteiger partial charge in [-0.05, 0) is 30.3 Å². The molecular formula is C22H19ClFN3O3. The summed E-state index contributed by atoms with van der Waals surface area (Å²) in [4.78, 5) is 16.5. The van der Waals surface area contributed by atoms with Gasteiger partial charge in [0.15, 0.2) is 0 Å². The zero-order valence-corrected chi connectivity index (χ0v) is 16.7. The van der Waals surface area contributed by atoms with Crippen molar-refractivity contribution in [2.75, 3.05) is 6.54 Å². The van der Waals surface area contributed by atoms with Gasteiger partial charge in [0, 0.05) is 48.8 Å². The molecule has 30 heavy (non-hydrogen) atoms. The Balaban J connectivity index is 0.00000218. The summed E-state index contributed by atoms with van der Waals surface area (Å²) in [5.41, 5.74) is 3.08. The van der Waals surface area contributed by atoms with E-state index in [-0.39, 0.29) is 24.6 Å². The van der Waals surface area contributed by atoms with E-state index in [2.05, 4.69) is 10.3 Å². The van der Waals surface area contributed by atoms with E-state index in [1.807, 2.05) is 18.2 Å². The van der Waals surface area contributed by atoms with Gasteiger partial charge in [-0.15, -0.1) is 12.4 Å². The number of pyridine rings is 2. The van der Waals surface area contributed by atoms with E-state index in [4.69, 9.17) is 9.15 Å². The second-order valence-corrected chi connectivity index (χ2v) is 6.94. The van der Waals surface area contributed by atoms with Crippen LogP contribution in [0.5, 0.6) is 5.75 Å². The Bertz CT molecular complexity index is 1250. The molecule has 0 spiro atoms. The summed E-state index contributed by atoms with van der Waals surface area (Å²) in [6.07, 6.45) is 3.67. The first-order valence-corrected chi connectivity index (χ1v) is 9.39. The van der Waals surface area contributed by atoms with Crippen molar-refractivity contribution in [3.63, 3.8) is 0 Å². The van der Waals surface area contributed by atoms with Crippen LogP contribution in [0.1, 0.15) is 17.0 Å². The molecule has 3 aromatic heterocycles. The van der Waals surface area contributed by atoms with Crippen LogP contribution < -0.4 is 15.6 Å². The van der Waals surface area contributed by atoms with Gasteiger partial charge < -0.3 is 14.5 Å². The molecule has 4 heterocycles. The van der Waals surface area contributed by atoms with E-state index >= 15 is 0 Å². The second kappa shape index (κ2) is 8.30. The number of furan rings is 1. The Kier molecular flexibility index (Phi) is 5.57. The number of halogens is 2. The highest BCUT2D eigenvalue weighted by atomic mass is 35.5. The molecule has 0 amide bonds. The molecule has 5 rings (SSSR count). The maximum Gasteiger partial charge on any atom is 0.258 e. The molecule has 0 saturated heterocycles. The minimum atomic E-state index is -0.401. The van der Waals surface area contributed by atoms with Crippen molar-refractivity contribution < 1.29 is 13.5 Å². The number of hydrogen-bond donors (Lipinski definition) is 1. The SMILES string of the molecule is Cl.O=c1cc(OCc2ccc(F)cn2)ccn1-c1ccc2c3c(oc2c1)CCNC3. The van der Waals surface area contributed by atoms with Crippen molar-refractivity contribution in [1.82, 2.24) is 14.9 Å². The minimum absolute atomic E-state index is 0. The number of aromatic nitrogens is 2. The van der Waals surface area contributed by atoms with Crippen LogP contribution in [0.4, 0.5) is 4.39 Å². The first-order valence-electron chi connectivity index (χ1n) is 9.39. The fourth-order valence-electron chi connectivity index (χ4n) is 3.56. The summed E-state index contributed by atoms with van der Waals surface area (Å²) in [7, 11) is 0. The number of hydrogen-bond acceptors (Lipinski definition) is 5. The largest absolute Gasteiger partial charge is 0.487 e. The molecule has 0 unspecified atom stereocenters. The van der Waals surface area contributed by atoms with Crippen molar-refractivity contribution in [3.8, 4) is 11.4 Å². The van der Waals surface area contributed by atoms with E-state index in [0.717, 1.165) is 48.1 Å². The topological polar surface area (TPSA) is 69.3 Å². The Morgan fingerprint density at radius 2 is 2.10 bits per heavy atom. The zero-order chi connectivity index (χ0) is 19.8. The average Bonchev–Trinajstić information content (AvgIpc) is 3.11. The molecular weight excluding hydrogens is 409 g/mol. The van der Waals surface area contributed by atoms with Gasteiger partial charge in [-0.2, -0.15) is 0 Å². The highest BCUT2D eigenvalue weighted by Crippen LogP contribution is 2.29. The summed E-state index contributed by atoms with van der Waals surface area (Å²) in [5, 5.41) is 4.43. The Morgan fingerprint density at radius 3 is 2.90 bits per heavy atom. The first kappa shape index (κ1) is 20.1. The molecule has 8 heteroatoms. The lowest BCUT2D eigenvalue weighted by atomic mass is 10.1. The van der Waals surface area contributed by atoms with Crippen LogP contribution >= 0.6 is 12.4 Å². The summed E-state index contributed by atoms with van der Waals surface area (Å²) in [6, 6.07) is 11.8. The van der Waals surface area contributed by atoms with Crippen LogP contribution in [-0.2, 0) is 19.6 Å². The van der Waals surface area contributed by atoms with Gasteiger partial charge in [-0.1, -0.05) is 0 Å². The fourth-order valence-corrected chi connectivity index (χ4v) is 3.56. The molecule has 1 aliphatic rings. The lowest BCUT2D eigenvalue weighted by Gasteiger charge is -2.10. The molecule has 1 N–H and O–H groups in total. The standard InChI is InChI=1S/C22H18FN3O3.ClH/c23-14-1-2-15(25-11-14)13-28-17-6-8-26(22(27)10-17)16-3-4-18-19-12-24-7-5-20(19)29-21(18)9-16;/h1-4,6,8-11,24H,5,7,12-13H2;1H. The number of rotatable bonds is 4. The van der Waals surface area contributed by atoms with Crippen molar-refractivity contribution in [3.05, 3.63) is 88.0 Å². The van der Waals surface area contributed by atoms with Crippen molar-refractivity contribution in [1.29, 1.82) is 0 Å². The summed E-state index contributed by atoms with van der Waals surface area (Å²) >= 11 is 0. The molecule has 0 atom stereocenters. The molecule has 4 aromatic rings. The number of nitrogens with one attached hydrogen (secondary N) is 1. The van der Waals surface area contributed by atoms with E-state index in [1.54, 1.807) is 22.9 Å². The summed E-state index contributed by atoms with van der Waals surface area (Å²) < 4.78 is 26.1. The van der Waals surface area contributed by atoms with Crippen molar-refractivity contribution in [2.24, 2.45) is 0 Å². The quantitative estimate of drug-likeness (QED) is 0.537. The highest BCUT2D eigenvalue weighted by Gasteiger charge is 2.17. The van der Waals surface area contributed by atoms with Gasteiger partial charge in [0.1, 0.15) is 29.5 Å². The molecule has 0 aliphatic carbocycles. The zero-order valence-electron chi connectivity index (χ0n) is 15.9. The van der Waals surface area contributed by atoms with Crippen LogP contribution in [0.2, 0.25) is 0 Å². The highest BCUT2D eigenvalue weighted by molar-refractivity contribution is 5.85. The van der Waals surface area contributed by atoms with Gasteiger partial charge in [0.2, 0.25) is 0 Å². The summed E-state index contributed by atoms with van der Waals surface area (Å²) in [5.74, 6) is 1.04. The number of fused-ring (bicyclic) bond motifs is 3. The fraction of sp³-hybridized carbons (Fsp3) is 0.182. The van der Waals surface area contributed by atoms with Gasteiger partial charge in [0.05, 0.1) is 17.6 Å². The third kappa shape index (κ3) is 3.81. The Labute approximate surface area is 177 Å². The van der Waals surface area contributed by atoms with Crippen LogP contribution in [0, 0.1) is 5.82 Å². The smallest absolute Gasteiger partial charge is 0.258 e. The van der Waals surface area contributed by atoms with Crippen LogP contribution in [0.25, 0.3) is 16.7 Å². The van der Waals surface area contributed by atoms with Gasteiger partial charge in [-0.3, -0.25) is 14.3 Å². The van der Waals surface area contributed by atoms with Crippen LogP contribution in [0.15, 0.2) is 64.1 Å². The molecule has 1 aromatic carbocycles. The lowest BCUT2D eigenvalue weighted by molar-refractivity contribution is 0.300. The van der Waals surface area contributed by atoms with Crippen molar-refractivity contribution in [2.45, 2.75) is 19.6 Å². The predicted molar refractivity (Wildman–Crippen MR) is 113 cm³/mol. The molecule has 0 fully saturated rings. The van der Waals surface area contributed by atoms with Gasteiger partial charge in [-0.25, -0.2) is 4.39 Å². The second-order valence-electron chi connectivity index (χ2n) is 6.94. The number of nitrogens with zero attached hydrogens (tertiary/aromatic N) is 2. The predicted octanol–water partition coefficient (Wildman–Crippen LogP) is 3.76. The van der Waals surface area contributed by atoms with E-state index in [0.29, 0.717) is 11.4 Å². The maximum absolute atomic E-state index is 12.9. The molecule has 0 bridgehead atoms. The van der Waals surface area contributed by atoms with Gasteiger partial charge in [0.25, 0.3) is 5.56 Å². The molecule has 1 aliphatic heterocycles. The average molecular weight is 428 g/mol. The first-order chi connectivity index (χ1) is 14.2. The Hall–Kier alpha value is -3.16. The van der Waals surface area contributed by atoms with E-state index in [9.17, 15) is 9.18 Å². The molecule has 154 valence electrons. The molecule has 0 saturated carbocycles. The normalized spacial score (nSPS) is 13.0. The lowest BCUT2D eigenvalue weighted by Crippen LogP contribution is -2.22. The number of ether oxygens (including phenoxy) is 1. The van der Waals surface area contributed by atoms with Crippen LogP contribution in [0.3, 0.4) is 0 Å². The van der Waals surface area contributed by atoms with E-state index < -0.39 is 5.82 Å². The summed E-state index contributed by atoms with van der Waals surface area (Å²) in [6.45, 7) is 1.87. The Morgan fingerprint density at radius 1 is 1.20 bits per heavy atom.